The van der Waals surface area contributed by atoms with Crippen molar-refractivity contribution in [2.75, 3.05) is 6.54 Å². The van der Waals surface area contributed by atoms with E-state index in [4.69, 9.17) is 4.42 Å². The molecule has 1 atom stereocenters. The number of nitrogens with one attached hydrogen (secondary N) is 1. The topological polar surface area (TPSA) is 62.5 Å². The van der Waals surface area contributed by atoms with Crippen LogP contribution in [0.25, 0.3) is 0 Å². The van der Waals surface area contributed by atoms with Gasteiger partial charge < -0.3 is 14.8 Å². The smallest absolute Gasteiger partial charge is 0.257 e. The van der Waals surface area contributed by atoms with E-state index in [-0.39, 0.29) is 11.8 Å². The van der Waals surface area contributed by atoms with Crippen LogP contribution in [0.5, 0.6) is 0 Å². The predicted molar refractivity (Wildman–Crippen MR) is 71.6 cm³/mol. The van der Waals surface area contributed by atoms with Gasteiger partial charge in [0.05, 0.1) is 6.54 Å². The van der Waals surface area contributed by atoms with Gasteiger partial charge in [0.25, 0.3) is 5.91 Å². The van der Waals surface area contributed by atoms with Gasteiger partial charge in [-0.3, -0.25) is 4.79 Å². The standard InChI is InChI=1S/C15H13F4NO3/c1-7-3-4-10(23-7)15(2,22)6-20-14(21)11-12(18)8(16)5-9(17)13(11)19/h3-5,22H,6H2,1-2H3,(H,20,21). The van der Waals surface area contributed by atoms with Crippen molar-refractivity contribution >= 4 is 5.91 Å². The zero-order valence-corrected chi connectivity index (χ0v) is 12.2. The van der Waals surface area contributed by atoms with Gasteiger partial charge in [-0.2, -0.15) is 0 Å². The number of hydrogen-bond acceptors (Lipinski definition) is 3. The number of benzene rings is 1. The lowest BCUT2D eigenvalue weighted by atomic mass is 10.0. The zero-order chi connectivity index (χ0) is 17.4. The third-order valence-corrected chi connectivity index (χ3v) is 3.20. The molecule has 23 heavy (non-hydrogen) atoms. The Morgan fingerprint density at radius 3 is 2.26 bits per heavy atom. The molecule has 0 aliphatic rings. The second kappa shape index (κ2) is 6.04. The van der Waals surface area contributed by atoms with Crippen LogP contribution in [0.4, 0.5) is 17.6 Å². The fourth-order valence-electron chi connectivity index (χ4n) is 1.92. The fourth-order valence-corrected chi connectivity index (χ4v) is 1.92. The molecule has 0 radical (unpaired) electrons. The molecule has 1 amide bonds. The molecule has 1 aromatic carbocycles. The second-order valence-electron chi connectivity index (χ2n) is 5.21. The molecule has 0 saturated carbocycles. The number of carbonyl (C=O) groups is 1. The highest BCUT2D eigenvalue weighted by Crippen LogP contribution is 2.23. The highest BCUT2D eigenvalue weighted by molar-refractivity contribution is 5.94. The van der Waals surface area contributed by atoms with Gasteiger partial charge >= 0.3 is 0 Å². The molecule has 0 saturated heterocycles. The average Bonchev–Trinajstić information content (AvgIpc) is 2.91. The number of halogens is 4. The predicted octanol–water partition coefficient (Wildman–Crippen LogP) is 2.78. The van der Waals surface area contributed by atoms with Gasteiger partial charge in [0.1, 0.15) is 22.7 Å². The summed E-state index contributed by atoms with van der Waals surface area (Å²) in [6, 6.07) is 3.04. The van der Waals surface area contributed by atoms with Gasteiger partial charge in [0.15, 0.2) is 23.3 Å². The average molecular weight is 331 g/mol. The Bertz CT molecular complexity index is 729. The van der Waals surface area contributed by atoms with Crippen LogP contribution in [0.3, 0.4) is 0 Å². The molecule has 1 unspecified atom stereocenters. The van der Waals surface area contributed by atoms with Crippen molar-refractivity contribution in [1.82, 2.24) is 5.32 Å². The maximum Gasteiger partial charge on any atom is 0.257 e. The van der Waals surface area contributed by atoms with Crippen molar-refractivity contribution in [3.05, 3.63) is 58.6 Å². The highest BCUT2D eigenvalue weighted by atomic mass is 19.2. The van der Waals surface area contributed by atoms with E-state index in [9.17, 15) is 27.5 Å². The largest absolute Gasteiger partial charge is 0.463 e. The summed E-state index contributed by atoms with van der Waals surface area (Å²) in [5.41, 5.74) is -3.07. The molecular weight excluding hydrogens is 318 g/mol. The van der Waals surface area contributed by atoms with Crippen molar-refractivity contribution in [3.8, 4) is 0 Å². The van der Waals surface area contributed by atoms with Crippen LogP contribution in [0.2, 0.25) is 0 Å². The summed E-state index contributed by atoms with van der Waals surface area (Å²) >= 11 is 0. The number of hydrogen-bond donors (Lipinski definition) is 2. The summed E-state index contributed by atoms with van der Waals surface area (Å²) < 4.78 is 58.4. The Balaban J connectivity index is 2.20. The molecule has 0 aliphatic heterocycles. The Morgan fingerprint density at radius 2 is 1.78 bits per heavy atom. The number of aryl methyl sites for hydroxylation is 1. The molecule has 0 spiro atoms. The first-order valence-electron chi connectivity index (χ1n) is 6.54. The Hall–Kier alpha value is -2.35. The van der Waals surface area contributed by atoms with Gasteiger partial charge in [-0.15, -0.1) is 0 Å². The normalized spacial score (nSPS) is 13.7. The molecule has 0 aliphatic carbocycles. The lowest BCUT2D eigenvalue weighted by Gasteiger charge is -2.21. The van der Waals surface area contributed by atoms with Crippen LogP contribution in [-0.2, 0) is 5.60 Å². The van der Waals surface area contributed by atoms with Gasteiger partial charge in [0.2, 0.25) is 0 Å². The molecule has 2 aromatic rings. The molecule has 4 nitrogen and oxygen atoms in total. The van der Waals surface area contributed by atoms with Crippen LogP contribution in [0.1, 0.15) is 28.8 Å². The van der Waals surface area contributed by atoms with Crippen LogP contribution < -0.4 is 5.32 Å². The number of carbonyl (C=O) groups excluding carboxylic acids is 1. The van der Waals surface area contributed by atoms with Crippen molar-refractivity contribution < 1.29 is 31.9 Å². The molecule has 0 fully saturated rings. The maximum absolute atomic E-state index is 13.5. The highest BCUT2D eigenvalue weighted by Gasteiger charge is 2.30. The molecule has 124 valence electrons. The van der Waals surface area contributed by atoms with Crippen molar-refractivity contribution in [2.24, 2.45) is 0 Å². The number of rotatable bonds is 4. The maximum atomic E-state index is 13.5. The Labute approximate surface area is 128 Å². The van der Waals surface area contributed by atoms with Gasteiger partial charge in [0, 0.05) is 6.07 Å². The zero-order valence-electron chi connectivity index (χ0n) is 12.2. The summed E-state index contributed by atoms with van der Waals surface area (Å²) in [5, 5.41) is 12.2. The fraction of sp³-hybridized carbons (Fsp3) is 0.267. The van der Waals surface area contributed by atoms with Crippen molar-refractivity contribution in [2.45, 2.75) is 19.4 Å². The number of furan rings is 1. The second-order valence-corrected chi connectivity index (χ2v) is 5.21. The van der Waals surface area contributed by atoms with Crippen LogP contribution >= 0.6 is 0 Å². The quantitative estimate of drug-likeness (QED) is 0.669. The van der Waals surface area contributed by atoms with E-state index in [1.807, 2.05) is 5.32 Å². The minimum absolute atomic E-state index is 0.00321. The van der Waals surface area contributed by atoms with E-state index in [0.29, 0.717) is 5.76 Å². The van der Waals surface area contributed by atoms with Crippen LogP contribution in [-0.4, -0.2) is 17.6 Å². The summed E-state index contributed by atoms with van der Waals surface area (Å²) in [5.74, 6) is -7.78. The van der Waals surface area contributed by atoms with E-state index in [1.165, 1.54) is 13.0 Å². The molecular formula is C15H13F4NO3. The number of amides is 1. The van der Waals surface area contributed by atoms with Gasteiger partial charge in [-0.25, -0.2) is 17.6 Å². The molecule has 2 N–H and O–H groups in total. The molecule has 1 heterocycles. The third-order valence-electron chi connectivity index (χ3n) is 3.20. The molecule has 1 aromatic heterocycles. The third kappa shape index (κ3) is 3.37. The van der Waals surface area contributed by atoms with E-state index in [0.717, 1.165) is 0 Å². The van der Waals surface area contributed by atoms with E-state index < -0.39 is 46.9 Å². The van der Waals surface area contributed by atoms with E-state index >= 15 is 0 Å². The summed E-state index contributed by atoms with van der Waals surface area (Å²) in [7, 11) is 0. The monoisotopic (exact) mass is 331 g/mol. The SMILES string of the molecule is Cc1ccc(C(C)(O)CNC(=O)c2c(F)c(F)cc(F)c2F)o1. The lowest BCUT2D eigenvalue weighted by molar-refractivity contribution is 0.0321. The minimum Gasteiger partial charge on any atom is -0.463 e. The van der Waals surface area contributed by atoms with Gasteiger partial charge in [-0.1, -0.05) is 0 Å². The van der Waals surface area contributed by atoms with E-state index in [1.54, 1.807) is 13.0 Å². The number of aliphatic hydroxyl groups is 1. The minimum atomic E-state index is -1.81. The summed E-state index contributed by atoms with van der Waals surface area (Å²) in [6.07, 6.45) is 0. The van der Waals surface area contributed by atoms with Crippen molar-refractivity contribution in [3.63, 3.8) is 0 Å². The van der Waals surface area contributed by atoms with Gasteiger partial charge in [-0.05, 0) is 26.0 Å². The lowest BCUT2D eigenvalue weighted by Crippen LogP contribution is -2.39. The first kappa shape index (κ1) is 17.0. The molecule has 2 rings (SSSR count). The molecule has 8 heteroatoms. The van der Waals surface area contributed by atoms with Crippen LogP contribution in [0, 0.1) is 30.2 Å². The summed E-state index contributed by atoms with van der Waals surface area (Å²) in [6.45, 7) is 2.44. The summed E-state index contributed by atoms with van der Waals surface area (Å²) in [4.78, 5) is 11.8. The van der Waals surface area contributed by atoms with Crippen molar-refractivity contribution in [1.29, 1.82) is 0 Å². The van der Waals surface area contributed by atoms with E-state index in [2.05, 4.69) is 0 Å². The first-order valence-corrected chi connectivity index (χ1v) is 6.54. The molecule has 0 bridgehead atoms. The Kier molecular flexibility index (Phi) is 4.46. The Morgan fingerprint density at radius 1 is 1.22 bits per heavy atom. The van der Waals surface area contributed by atoms with Crippen LogP contribution in [0.15, 0.2) is 22.6 Å². The first-order chi connectivity index (χ1) is 10.6.